The van der Waals surface area contributed by atoms with Crippen molar-refractivity contribution >= 4 is 0 Å². The Bertz CT molecular complexity index is 353. The first-order chi connectivity index (χ1) is 8.13. The topological polar surface area (TPSA) is 31.4 Å². The van der Waals surface area contributed by atoms with E-state index in [0.717, 1.165) is 18.4 Å². The van der Waals surface area contributed by atoms with Crippen molar-refractivity contribution in [3.8, 4) is 5.88 Å². The minimum atomic E-state index is -0.167. The molecule has 3 nitrogen and oxygen atoms in total. The molecule has 0 amide bonds. The van der Waals surface area contributed by atoms with Crippen LogP contribution in [0.4, 0.5) is 0 Å². The molecule has 94 valence electrons. The first-order valence-corrected chi connectivity index (χ1v) is 5.85. The average Bonchev–Trinajstić information content (AvgIpc) is 2.39. The van der Waals surface area contributed by atoms with Gasteiger partial charge in [-0.3, -0.25) is 0 Å². The lowest BCUT2D eigenvalue weighted by molar-refractivity contribution is 0.0454. The molecule has 0 aliphatic rings. The third kappa shape index (κ3) is 4.19. The zero-order valence-electron chi connectivity index (χ0n) is 11.1. The van der Waals surface area contributed by atoms with Crippen LogP contribution in [0.1, 0.15) is 25.8 Å². The van der Waals surface area contributed by atoms with Crippen LogP contribution in [-0.2, 0) is 11.2 Å². The van der Waals surface area contributed by atoms with Crippen molar-refractivity contribution in [1.29, 1.82) is 0 Å². The van der Waals surface area contributed by atoms with E-state index in [1.165, 1.54) is 0 Å². The predicted molar refractivity (Wildman–Crippen MR) is 69.3 cm³/mol. The molecule has 0 saturated heterocycles. The van der Waals surface area contributed by atoms with E-state index >= 15 is 0 Å². The SMILES string of the molecule is CCC(C)(C=CCc1ccc(OC)nc1)OC. The molecular weight excluding hydrogens is 214 g/mol. The summed E-state index contributed by atoms with van der Waals surface area (Å²) in [5, 5.41) is 0. The van der Waals surface area contributed by atoms with Gasteiger partial charge in [0.15, 0.2) is 0 Å². The van der Waals surface area contributed by atoms with Gasteiger partial charge in [-0.25, -0.2) is 4.98 Å². The number of rotatable bonds is 6. The van der Waals surface area contributed by atoms with Gasteiger partial charge in [0.2, 0.25) is 5.88 Å². The zero-order chi connectivity index (χ0) is 12.7. The normalized spacial score (nSPS) is 14.8. The lowest BCUT2D eigenvalue weighted by atomic mass is 10.0. The monoisotopic (exact) mass is 235 g/mol. The van der Waals surface area contributed by atoms with E-state index in [9.17, 15) is 0 Å². The van der Waals surface area contributed by atoms with E-state index < -0.39 is 0 Å². The largest absolute Gasteiger partial charge is 0.481 e. The van der Waals surface area contributed by atoms with E-state index in [2.05, 4.69) is 31.0 Å². The molecule has 0 aliphatic heterocycles. The summed E-state index contributed by atoms with van der Waals surface area (Å²) in [7, 11) is 3.36. The van der Waals surface area contributed by atoms with Crippen molar-refractivity contribution < 1.29 is 9.47 Å². The Labute approximate surface area is 103 Å². The molecule has 17 heavy (non-hydrogen) atoms. The van der Waals surface area contributed by atoms with Crippen molar-refractivity contribution in [2.24, 2.45) is 0 Å². The van der Waals surface area contributed by atoms with Crippen LogP contribution in [0.3, 0.4) is 0 Å². The van der Waals surface area contributed by atoms with Gasteiger partial charge in [0, 0.05) is 19.4 Å². The van der Waals surface area contributed by atoms with E-state index in [0.29, 0.717) is 5.88 Å². The molecule has 0 fully saturated rings. The summed E-state index contributed by atoms with van der Waals surface area (Å²) in [5.74, 6) is 0.646. The number of nitrogens with zero attached hydrogens (tertiary/aromatic N) is 1. The van der Waals surface area contributed by atoms with Gasteiger partial charge in [0.1, 0.15) is 0 Å². The molecule has 3 heteroatoms. The Morgan fingerprint density at radius 1 is 1.35 bits per heavy atom. The highest BCUT2D eigenvalue weighted by Crippen LogP contribution is 2.16. The summed E-state index contributed by atoms with van der Waals surface area (Å²) in [6, 6.07) is 3.89. The lowest BCUT2D eigenvalue weighted by Gasteiger charge is -2.22. The van der Waals surface area contributed by atoms with Gasteiger partial charge < -0.3 is 9.47 Å². The molecule has 0 spiro atoms. The summed E-state index contributed by atoms with van der Waals surface area (Å²) >= 11 is 0. The average molecular weight is 235 g/mol. The predicted octanol–water partition coefficient (Wildman–Crippen LogP) is 3.00. The smallest absolute Gasteiger partial charge is 0.212 e. The molecule has 0 radical (unpaired) electrons. The number of aromatic nitrogens is 1. The van der Waals surface area contributed by atoms with Crippen molar-refractivity contribution in [2.75, 3.05) is 14.2 Å². The Kier molecular flexibility index (Phi) is 5.16. The van der Waals surface area contributed by atoms with Crippen molar-refractivity contribution in [3.05, 3.63) is 36.0 Å². The van der Waals surface area contributed by atoms with E-state index in [4.69, 9.17) is 9.47 Å². The van der Waals surface area contributed by atoms with Gasteiger partial charge in [-0.2, -0.15) is 0 Å². The van der Waals surface area contributed by atoms with Gasteiger partial charge in [-0.1, -0.05) is 25.1 Å². The van der Waals surface area contributed by atoms with Crippen LogP contribution in [0, 0.1) is 0 Å². The molecule has 0 aromatic carbocycles. The number of allylic oxidation sites excluding steroid dienone is 1. The lowest BCUT2D eigenvalue weighted by Crippen LogP contribution is -2.22. The molecule has 1 unspecified atom stereocenters. The molecule has 1 atom stereocenters. The highest BCUT2D eigenvalue weighted by molar-refractivity contribution is 5.20. The summed E-state index contributed by atoms with van der Waals surface area (Å²) < 4.78 is 10.5. The highest BCUT2D eigenvalue weighted by atomic mass is 16.5. The minimum absolute atomic E-state index is 0.167. The van der Waals surface area contributed by atoms with E-state index in [1.807, 2.05) is 18.3 Å². The molecule has 1 heterocycles. The van der Waals surface area contributed by atoms with Crippen LogP contribution in [0.5, 0.6) is 5.88 Å². The molecule has 0 bridgehead atoms. The molecule has 0 N–H and O–H groups in total. The first kappa shape index (κ1) is 13.7. The van der Waals surface area contributed by atoms with Gasteiger partial charge in [0.05, 0.1) is 12.7 Å². The van der Waals surface area contributed by atoms with Crippen LogP contribution in [0.25, 0.3) is 0 Å². The summed E-state index contributed by atoms with van der Waals surface area (Å²) in [6.45, 7) is 4.19. The van der Waals surface area contributed by atoms with Crippen LogP contribution in [0.2, 0.25) is 0 Å². The second-order valence-corrected chi connectivity index (χ2v) is 4.19. The maximum Gasteiger partial charge on any atom is 0.212 e. The number of hydrogen-bond donors (Lipinski definition) is 0. The second-order valence-electron chi connectivity index (χ2n) is 4.19. The number of pyridine rings is 1. The van der Waals surface area contributed by atoms with Crippen molar-refractivity contribution in [1.82, 2.24) is 4.98 Å². The zero-order valence-corrected chi connectivity index (χ0v) is 11.1. The Balaban J connectivity index is 2.57. The molecule has 1 rings (SSSR count). The van der Waals surface area contributed by atoms with Gasteiger partial charge in [0.25, 0.3) is 0 Å². The Morgan fingerprint density at radius 2 is 2.12 bits per heavy atom. The fraction of sp³-hybridized carbons (Fsp3) is 0.500. The molecule has 1 aromatic rings. The molecule has 1 aromatic heterocycles. The summed E-state index contributed by atoms with van der Waals surface area (Å²) in [6.07, 6.45) is 7.88. The fourth-order valence-electron chi connectivity index (χ4n) is 1.43. The molecule has 0 aliphatic carbocycles. The van der Waals surface area contributed by atoms with Gasteiger partial charge in [-0.15, -0.1) is 0 Å². The number of ether oxygens (including phenoxy) is 2. The number of methoxy groups -OCH3 is 2. The maximum absolute atomic E-state index is 5.44. The third-order valence-corrected chi connectivity index (χ3v) is 3.00. The number of hydrogen-bond acceptors (Lipinski definition) is 3. The standard InChI is InChI=1S/C14H21NO2/c1-5-14(2,17-4)10-6-7-12-8-9-13(16-3)15-11-12/h6,8-11H,5,7H2,1-4H3. The van der Waals surface area contributed by atoms with Crippen molar-refractivity contribution in [3.63, 3.8) is 0 Å². The van der Waals surface area contributed by atoms with E-state index in [1.54, 1.807) is 14.2 Å². The maximum atomic E-state index is 5.44. The van der Waals surface area contributed by atoms with Crippen LogP contribution >= 0.6 is 0 Å². The highest BCUT2D eigenvalue weighted by Gasteiger charge is 2.15. The quantitative estimate of drug-likeness (QED) is 0.710. The van der Waals surface area contributed by atoms with Gasteiger partial charge in [-0.05, 0) is 25.3 Å². The fourth-order valence-corrected chi connectivity index (χ4v) is 1.43. The van der Waals surface area contributed by atoms with E-state index in [-0.39, 0.29) is 5.60 Å². The molecule has 0 saturated carbocycles. The van der Waals surface area contributed by atoms with Crippen LogP contribution in [-0.4, -0.2) is 24.8 Å². The van der Waals surface area contributed by atoms with Crippen LogP contribution in [0.15, 0.2) is 30.5 Å². The Morgan fingerprint density at radius 3 is 2.59 bits per heavy atom. The minimum Gasteiger partial charge on any atom is -0.481 e. The summed E-state index contributed by atoms with van der Waals surface area (Å²) in [5.41, 5.74) is 0.997. The van der Waals surface area contributed by atoms with Gasteiger partial charge >= 0.3 is 0 Å². The Hall–Kier alpha value is -1.35. The summed E-state index contributed by atoms with van der Waals surface area (Å²) in [4.78, 5) is 4.17. The first-order valence-electron chi connectivity index (χ1n) is 5.85. The van der Waals surface area contributed by atoms with Crippen molar-refractivity contribution in [2.45, 2.75) is 32.3 Å². The second kappa shape index (κ2) is 6.40. The third-order valence-electron chi connectivity index (χ3n) is 3.00. The van der Waals surface area contributed by atoms with Crippen LogP contribution < -0.4 is 4.74 Å². The molecular formula is C14H21NO2.